The molecule has 8 heteroatoms. The molecule has 116 valence electrons. The summed E-state index contributed by atoms with van der Waals surface area (Å²) in [7, 11) is -1.51. The van der Waals surface area contributed by atoms with Crippen LogP contribution in [0.5, 0.6) is 0 Å². The van der Waals surface area contributed by atoms with Crippen LogP contribution in [0.15, 0.2) is 22.8 Å². The van der Waals surface area contributed by atoms with E-state index < -0.39 is 15.7 Å². The molecule has 0 radical (unpaired) electrons. The predicted octanol–water partition coefficient (Wildman–Crippen LogP) is -0.0686. The van der Waals surface area contributed by atoms with Crippen LogP contribution < -0.4 is 5.32 Å². The fourth-order valence-electron chi connectivity index (χ4n) is 2.21. The van der Waals surface area contributed by atoms with E-state index in [1.54, 1.807) is 12.1 Å². The number of nitrogens with zero attached hydrogens (tertiary/aromatic N) is 1. The van der Waals surface area contributed by atoms with Gasteiger partial charge in [0.05, 0.1) is 24.3 Å². The summed E-state index contributed by atoms with van der Waals surface area (Å²) in [4.78, 5) is 25.0. The first-order chi connectivity index (χ1) is 9.87. The van der Waals surface area contributed by atoms with Gasteiger partial charge in [-0.2, -0.15) is 0 Å². The van der Waals surface area contributed by atoms with Crippen molar-refractivity contribution in [2.45, 2.75) is 25.4 Å². The summed E-state index contributed by atoms with van der Waals surface area (Å²) in [6.45, 7) is 0.223. The van der Waals surface area contributed by atoms with Crippen molar-refractivity contribution in [3.63, 3.8) is 0 Å². The van der Waals surface area contributed by atoms with E-state index in [1.807, 2.05) is 0 Å². The van der Waals surface area contributed by atoms with Crippen LogP contribution in [-0.2, 0) is 26.0 Å². The number of nitrogens with one attached hydrogen (secondary N) is 1. The summed E-state index contributed by atoms with van der Waals surface area (Å²) < 4.78 is 27.9. The molecule has 1 N–H and O–H groups in total. The first kappa shape index (κ1) is 15.6. The molecule has 1 unspecified atom stereocenters. The van der Waals surface area contributed by atoms with E-state index >= 15 is 0 Å². The fourth-order valence-corrected chi connectivity index (χ4v) is 3.98. The minimum atomic E-state index is -3.05. The molecule has 1 fully saturated rings. The second-order valence-corrected chi connectivity index (χ2v) is 7.32. The van der Waals surface area contributed by atoms with Crippen molar-refractivity contribution in [3.8, 4) is 0 Å². The highest BCUT2D eigenvalue weighted by atomic mass is 32.2. The molecule has 1 aliphatic heterocycles. The molecule has 1 aromatic rings. The third-order valence-corrected chi connectivity index (χ3v) is 5.25. The van der Waals surface area contributed by atoms with Crippen LogP contribution in [0.25, 0.3) is 0 Å². The number of carbonyl (C=O) groups excluding carboxylic acids is 2. The van der Waals surface area contributed by atoms with E-state index in [-0.39, 0.29) is 36.4 Å². The maximum atomic E-state index is 12.0. The molecular weight excluding hydrogens is 296 g/mol. The van der Waals surface area contributed by atoms with Crippen molar-refractivity contribution in [3.05, 3.63) is 24.2 Å². The van der Waals surface area contributed by atoms with Gasteiger partial charge in [0.1, 0.15) is 12.2 Å². The van der Waals surface area contributed by atoms with E-state index in [0.29, 0.717) is 12.2 Å². The van der Waals surface area contributed by atoms with Crippen molar-refractivity contribution in [1.29, 1.82) is 0 Å². The summed E-state index contributed by atoms with van der Waals surface area (Å²) >= 11 is 0. The largest absolute Gasteiger partial charge is 0.467 e. The van der Waals surface area contributed by atoms with E-state index in [4.69, 9.17) is 4.42 Å². The standard InChI is InChI=1S/C13H18N2O5S/c1-15(10-4-6-21(18,19)9-10)13(17)7-12(16)14-8-11-3-2-5-20-11/h2-3,5,10H,4,6-9H2,1H3,(H,14,16). The average molecular weight is 314 g/mol. The first-order valence-electron chi connectivity index (χ1n) is 6.62. The van der Waals surface area contributed by atoms with Crippen molar-refractivity contribution in [2.24, 2.45) is 0 Å². The van der Waals surface area contributed by atoms with Crippen molar-refractivity contribution >= 4 is 21.7 Å². The Morgan fingerprint density at radius 2 is 2.24 bits per heavy atom. The van der Waals surface area contributed by atoms with Gasteiger partial charge in [0.15, 0.2) is 9.84 Å². The third kappa shape index (κ3) is 4.32. The van der Waals surface area contributed by atoms with Crippen LogP contribution in [0.2, 0.25) is 0 Å². The van der Waals surface area contributed by atoms with Gasteiger partial charge in [-0.25, -0.2) is 8.42 Å². The predicted molar refractivity (Wildman–Crippen MR) is 75.0 cm³/mol. The summed E-state index contributed by atoms with van der Waals surface area (Å²) in [5.41, 5.74) is 0. The van der Waals surface area contributed by atoms with Gasteiger partial charge in [-0.3, -0.25) is 9.59 Å². The summed E-state index contributed by atoms with van der Waals surface area (Å²) in [6.07, 6.45) is 1.63. The molecule has 0 saturated carbocycles. The van der Waals surface area contributed by atoms with Crippen molar-refractivity contribution in [1.82, 2.24) is 10.2 Å². The van der Waals surface area contributed by atoms with Gasteiger partial charge in [-0.05, 0) is 18.6 Å². The summed E-state index contributed by atoms with van der Waals surface area (Å²) in [5, 5.41) is 2.58. The quantitative estimate of drug-likeness (QED) is 0.768. The Morgan fingerprint density at radius 1 is 1.48 bits per heavy atom. The number of hydrogen-bond acceptors (Lipinski definition) is 5. The zero-order valence-corrected chi connectivity index (χ0v) is 12.6. The number of carbonyl (C=O) groups is 2. The zero-order valence-electron chi connectivity index (χ0n) is 11.7. The monoisotopic (exact) mass is 314 g/mol. The number of furan rings is 1. The number of hydrogen-bond donors (Lipinski definition) is 1. The Hall–Kier alpha value is -1.83. The lowest BCUT2D eigenvalue weighted by atomic mass is 10.2. The highest BCUT2D eigenvalue weighted by Crippen LogP contribution is 2.17. The SMILES string of the molecule is CN(C(=O)CC(=O)NCc1ccco1)C1CCS(=O)(=O)C1. The highest BCUT2D eigenvalue weighted by Gasteiger charge is 2.33. The molecule has 2 heterocycles. The van der Waals surface area contributed by atoms with Gasteiger partial charge < -0.3 is 14.6 Å². The molecule has 21 heavy (non-hydrogen) atoms. The van der Waals surface area contributed by atoms with Crippen LogP contribution in [0.4, 0.5) is 0 Å². The second-order valence-electron chi connectivity index (χ2n) is 5.09. The Balaban J connectivity index is 1.79. The Kier molecular flexibility index (Phi) is 4.66. The van der Waals surface area contributed by atoms with Crippen LogP contribution in [0.1, 0.15) is 18.6 Å². The van der Waals surface area contributed by atoms with Crippen molar-refractivity contribution in [2.75, 3.05) is 18.6 Å². The van der Waals surface area contributed by atoms with E-state index in [2.05, 4.69) is 5.32 Å². The molecule has 2 amide bonds. The number of rotatable bonds is 5. The molecule has 1 atom stereocenters. The van der Waals surface area contributed by atoms with E-state index in [1.165, 1.54) is 18.2 Å². The summed E-state index contributed by atoms with van der Waals surface area (Å²) in [5.74, 6) is -0.118. The van der Waals surface area contributed by atoms with Crippen LogP contribution in [0, 0.1) is 0 Å². The minimum Gasteiger partial charge on any atom is -0.467 e. The molecule has 1 aromatic heterocycles. The summed E-state index contributed by atoms with van der Waals surface area (Å²) in [6, 6.07) is 3.10. The van der Waals surface area contributed by atoms with Gasteiger partial charge in [-0.15, -0.1) is 0 Å². The molecule has 0 spiro atoms. The van der Waals surface area contributed by atoms with Crippen LogP contribution in [-0.4, -0.2) is 49.7 Å². The van der Waals surface area contributed by atoms with Gasteiger partial charge in [-0.1, -0.05) is 0 Å². The Morgan fingerprint density at radius 3 is 2.81 bits per heavy atom. The molecule has 2 rings (SSSR count). The van der Waals surface area contributed by atoms with Gasteiger partial charge in [0.25, 0.3) is 0 Å². The molecule has 0 bridgehead atoms. The maximum absolute atomic E-state index is 12.0. The lowest BCUT2D eigenvalue weighted by molar-refractivity contribution is -0.136. The molecule has 0 aromatic carbocycles. The number of amides is 2. The van der Waals surface area contributed by atoms with Gasteiger partial charge in [0.2, 0.25) is 11.8 Å². The Bertz CT molecular complexity index is 609. The van der Waals surface area contributed by atoms with E-state index in [0.717, 1.165) is 0 Å². The topological polar surface area (TPSA) is 96.7 Å². The van der Waals surface area contributed by atoms with Gasteiger partial charge >= 0.3 is 0 Å². The molecule has 7 nitrogen and oxygen atoms in total. The minimum absolute atomic E-state index is 0.0245. The lowest BCUT2D eigenvalue weighted by Gasteiger charge is -2.23. The van der Waals surface area contributed by atoms with Crippen molar-refractivity contribution < 1.29 is 22.4 Å². The lowest BCUT2D eigenvalue weighted by Crippen LogP contribution is -2.40. The third-order valence-electron chi connectivity index (χ3n) is 3.50. The fraction of sp³-hybridized carbons (Fsp3) is 0.538. The molecule has 1 saturated heterocycles. The van der Waals surface area contributed by atoms with Crippen LogP contribution in [0.3, 0.4) is 0 Å². The van der Waals surface area contributed by atoms with E-state index in [9.17, 15) is 18.0 Å². The zero-order chi connectivity index (χ0) is 15.5. The molecule has 0 aliphatic carbocycles. The Labute approximate surface area is 123 Å². The highest BCUT2D eigenvalue weighted by molar-refractivity contribution is 7.91. The smallest absolute Gasteiger partial charge is 0.232 e. The number of sulfone groups is 1. The molecular formula is C13H18N2O5S. The molecule has 1 aliphatic rings. The normalized spacial score (nSPS) is 20.1. The maximum Gasteiger partial charge on any atom is 0.232 e. The first-order valence-corrected chi connectivity index (χ1v) is 8.45. The average Bonchev–Trinajstić information content (AvgIpc) is 3.04. The second kappa shape index (κ2) is 6.30. The van der Waals surface area contributed by atoms with Crippen LogP contribution >= 0.6 is 0 Å². The van der Waals surface area contributed by atoms with Gasteiger partial charge in [0, 0.05) is 13.1 Å².